The molecule has 1 unspecified atom stereocenters. The van der Waals surface area contributed by atoms with E-state index in [4.69, 9.17) is 0 Å². The maximum Gasteiger partial charge on any atom is 0.173 e. The Morgan fingerprint density at radius 2 is 1.67 bits per heavy atom. The summed E-state index contributed by atoms with van der Waals surface area (Å²) in [5, 5.41) is 0. The standard InChI is InChI=1S/C12H20Br2N4/c1-4-11(17-7-5-15(2)9-17)12(13,14)18-8-6-16(3)10-18/h5-8,11H,4,9-10H2,1-3H3. The van der Waals surface area contributed by atoms with E-state index in [-0.39, 0.29) is 3.36 Å². The first kappa shape index (κ1) is 14.1. The number of halogens is 2. The van der Waals surface area contributed by atoms with Crippen LogP contribution in [0, 0.1) is 0 Å². The van der Waals surface area contributed by atoms with Gasteiger partial charge in [-0.05, 0) is 38.3 Å². The monoisotopic (exact) mass is 378 g/mol. The summed E-state index contributed by atoms with van der Waals surface area (Å²) in [6.45, 7) is 4.04. The summed E-state index contributed by atoms with van der Waals surface area (Å²) < 4.78 is -0.245. The normalized spacial score (nSPS) is 21.4. The van der Waals surface area contributed by atoms with E-state index in [0.717, 1.165) is 19.8 Å². The zero-order valence-corrected chi connectivity index (χ0v) is 14.2. The second kappa shape index (κ2) is 5.33. The lowest BCUT2D eigenvalue weighted by Crippen LogP contribution is -2.52. The molecule has 18 heavy (non-hydrogen) atoms. The van der Waals surface area contributed by atoms with Crippen molar-refractivity contribution in [1.82, 2.24) is 19.6 Å². The molecule has 0 fully saturated rings. The zero-order chi connectivity index (χ0) is 13.3. The third-order valence-corrected chi connectivity index (χ3v) is 5.31. The van der Waals surface area contributed by atoms with Crippen molar-refractivity contribution in [3.8, 4) is 0 Å². The van der Waals surface area contributed by atoms with Crippen LogP contribution in [0.4, 0.5) is 0 Å². The lowest BCUT2D eigenvalue weighted by Gasteiger charge is -2.42. The zero-order valence-electron chi connectivity index (χ0n) is 11.1. The van der Waals surface area contributed by atoms with E-state index in [1.54, 1.807) is 0 Å². The fraction of sp³-hybridized carbons (Fsp3) is 0.667. The highest BCUT2D eigenvalue weighted by Gasteiger charge is 2.42. The van der Waals surface area contributed by atoms with Crippen molar-refractivity contribution in [2.75, 3.05) is 27.4 Å². The van der Waals surface area contributed by atoms with Crippen molar-refractivity contribution >= 4 is 31.9 Å². The van der Waals surface area contributed by atoms with Crippen molar-refractivity contribution in [3.05, 3.63) is 24.8 Å². The number of hydrogen-bond donors (Lipinski definition) is 0. The molecule has 1 atom stereocenters. The quantitative estimate of drug-likeness (QED) is 0.549. The molecule has 2 rings (SSSR count). The number of nitrogens with zero attached hydrogens (tertiary/aromatic N) is 4. The van der Waals surface area contributed by atoms with Crippen molar-refractivity contribution in [2.45, 2.75) is 22.7 Å². The number of rotatable bonds is 4. The molecule has 0 aromatic carbocycles. The van der Waals surface area contributed by atoms with E-state index < -0.39 is 0 Å². The molecule has 6 heteroatoms. The molecule has 2 heterocycles. The first-order valence-electron chi connectivity index (χ1n) is 6.12. The SMILES string of the molecule is CCC(N1C=CN(C)C1)C(Br)(Br)N1C=CN(C)C1. The van der Waals surface area contributed by atoms with Gasteiger partial charge in [0.05, 0.1) is 19.4 Å². The van der Waals surface area contributed by atoms with E-state index in [0.29, 0.717) is 6.04 Å². The molecule has 0 spiro atoms. The van der Waals surface area contributed by atoms with Gasteiger partial charge in [-0.3, -0.25) is 0 Å². The van der Waals surface area contributed by atoms with Crippen LogP contribution in [0.1, 0.15) is 13.3 Å². The Bertz CT molecular complexity index is 356. The summed E-state index contributed by atoms with van der Waals surface area (Å²) in [7, 11) is 4.17. The first-order valence-corrected chi connectivity index (χ1v) is 7.71. The second-order valence-electron chi connectivity index (χ2n) is 4.89. The Morgan fingerprint density at radius 3 is 2.11 bits per heavy atom. The van der Waals surface area contributed by atoms with Gasteiger partial charge in [-0.2, -0.15) is 0 Å². The number of hydrogen-bond acceptors (Lipinski definition) is 4. The molecule has 0 N–H and O–H groups in total. The van der Waals surface area contributed by atoms with Crippen LogP contribution in [-0.4, -0.2) is 56.4 Å². The lowest BCUT2D eigenvalue weighted by molar-refractivity contribution is 0.148. The third-order valence-electron chi connectivity index (χ3n) is 3.35. The lowest BCUT2D eigenvalue weighted by atomic mass is 10.2. The Hall–Kier alpha value is -0.360. The summed E-state index contributed by atoms with van der Waals surface area (Å²) in [5.74, 6) is 0. The van der Waals surface area contributed by atoms with Gasteiger partial charge in [0.2, 0.25) is 0 Å². The largest absolute Gasteiger partial charge is 0.362 e. The van der Waals surface area contributed by atoms with Crippen LogP contribution < -0.4 is 0 Å². The predicted molar refractivity (Wildman–Crippen MR) is 81.9 cm³/mol. The molecule has 2 aliphatic rings. The molecule has 0 aromatic rings. The summed E-state index contributed by atoms with van der Waals surface area (Å²) in [4.78, 5) is 8.98. The Balaban J connectivity index is 2.11. The first-order chi connectivity index (χ1) is 8.45. The van der Waals surface area contributed by atoms with Crippen LogP contribution in [0.5, 0.6) is 0 Å². The van der Waals surface area contributed by atoms with Gasteiger partial charge in [-0.15, -0.1) is 0 Å². The highest BCUT2D eigenvalue weighted by atomic mass is 79.9. The molecule has 0 bridgehead atoms. The summed E-state index contributed by atoms with van der Waals surface area (Å²) in [5.41, 5.74) is 0. The van der Waals surface area contributed by atoms with Gasteiger partial charge in [0.15, 0.2) is 3.36 Å². The topological polar surface area (TPSA) is 13.0 Å². The second-order valence-corrected chi connectivity index (χ2v) is 8.37. The number of alkyl halides is 2. The minimum absolute atomic E-state index is 0.245. The van der Waals surface area contributed by atoms with Crippen LogP contribution >= 0.6 is 31.9 Å². The molecule has 0 radical (unpaired) electrons. The average Bonchev–Trinajstić information content (AvgIpc) is 2.89. The molecule has 0 saturated carbocycles. The molecule has 0 amide bonds. The van der Waals surface area contributed by atoms with Gasteiger partial charge in [-0.25, -0.2) is 0 Å². The van der Waals surface area contributed by atoms with Gasteiger partial charge in [-0.1, -0.05) is 6.92 Å². The Labute approximate surface area is 126 Å². The van der Waals surface area contributed by atoms with Gasteiger partial charge >= 0.3 is 0 Å². The minimum Gasteiger partial charge on any atom is -0.362 e. The van der Waals surface area contributed by atoms with Crippen LogP contribution in [-0.2, 0) is 0 Å². The van der Waals surface area contributed by atoms with E-state index in [1.165, 1.54) is 0 Å². The minimum atomic E-state index is -0.245. The summed E-state index contributed by atoms with van der Waals surface area (Å²) >= 11 is 7.73. The molecule has 2 aliphatic heterocycles. The average molecular weight is 380 g/mol. The van der Waals surface area contributed by atoms with E-state index in [1.807, 2.05) is 0 Å². The predicted octanol–water partition coefficient (Wildman–Crippen LogP) is 2.56. The van der Waals surface area contributed by atoms with Crippen LogP contribution in [0.3, 0.4) is 0 Å². The molecule has 102 valence electrons. The highest BCUT2D eigenvalue weighted by Crippen LogP contribution is 2.40. The molecular formula is C12H20Br2N4. The smallest absolute Gasteiger partial charge is 0.173 e. The van der Waals surface area contributed by atoms with Gasteiger partial charge in [0, 0.05) is 38.9 Å². The van der Waals surface area contributed by atoms with Crippen LogP contribution in [0.15, 0.2) is 24.8 Å². The van der Waals surface area contributed by atoms with E-state index >= 15 is 0 Å². The summed E-state index contributed by atoms with van der Waals surface area (Å²) in [6, 6.07) is 0.356. The van der Waals surface area contributed by atoms with Gasteiger partial charge < -0.3 is 19.6 Å². The molecule has 4 nitrogen and oxygen atoms in total. The van der Waals surface area contributed by atoms with Crippen molar-refractivity contribution in [2.24, 2.45) is 0 Å². The maximum absolute atomic E-state index is 3.86. The Morgan fingerprint density at radius 1 is 1.06 bits per heavy atom. The van der Waals surface area contributed by atoms with E-state index in [9.17, 15) is 0 Å². The maximum atomic E-state index is 3.86. The van der Waals surface area contributed by atoms with Crippen LogP contribution in [0.2, 0.25) is 0 Å². The fourth-order valence-electron chi connectivity index (χ4n) is 2.35. The van der Waals surface area contributed by atoms with Gasteiger partial charge in [0.25, 0.3) is 0 Å². The molecule has 0 saturated heterocycles. The van der Waals surface area contributed by atoms with E-state index in [2.05, 4.69) is 97.3 Å². The molecular weight excluding hydrogens is 360 g/mol. The van der Waals surface area contributed by atoms with Crippen molar-refractivity contribution in [1.29, 1.82) is 0 Å². The molecule has 0 aromatic heterocycles. The highest BCUT2D eigenvalue weighted by molar-refractivity contribution is 9.25. The fourth-order valence-corrected chi connectivity index (χ4v) is 3.98. The summed E-state index contributed by atoms with van der Waals surface area (Å²) in [6.07, 6.45) is 9.55. The van der Waals surface area contributed by atoms with Gasteiger partial charge in [0.1, 0.15) is 0 Å². The van der Waals surface area contributed by atoms with Crippen molar-refractivity contribution < 1.29 is 0 Å². The van der Waals surface area contributed by atoms with Crippen LogP contribution in [0.25, 0.3) is 0 Å². The molecule has 0 aliphatic carbocycles. The Kier molecular flexibility index (Phi) is 4.16. The third kappa shape index (κ3) is 2.64. The van der Waals surface area contributed by atoms with Crippen molar-refractivity contribution in [3.63, 3.8) is 0 Å².